The van der Waals surface area contributed by atoms with Gasteiger partial charge in [-0.25, -0.2) is 0 Å². The van der Waals surface area contributed by atoms with Crippen molar-refractivity contribution >= 4 is 16.7 Å². The van der Waals surface area contributed by atoms with Gasteiger partial charge < -0.3 is 9.73 Å². The zero-order valence-electron chi connectivity index (χ0n) is 16.8. The lowest BCUT2D eigenvalue weighted by Gasteiger charge is -2.18. The second-order valence-corrected chi connectivity index (χ2v) is 7.02. The van der Waals surface area contributed by atoms with Crippen LogP contribution < -0.4 is 10.7 Å². The number of hydrogen-bond donors (Lipinski definition) is 1. The average molecular weight is 371 g/mol. The van der Waals surface area contributed by atoms with E-state index in [1.54, 1.807) is 0 Å². The Kier molecular flexibility index (Phi) is 4.86. The summed E-state index contributed by atoms with van der Waals surface area (Å²) in [5, 5.41) is 5.52. The number of nitrogens with zero attached hydrogens (tertiary/aromatic N) is 2. The van der Waals surface area contributed by atoms with Crippen molar-refractivity contribution in [1.29, 1.82) is 0 Å². The first-order valence-electron chi connectivity index (χ1n) is 9.79. The fraction of sp³-hybridized carbons (Fsp3) is 0.250. The van der Waals surface area contributed by atoms with Crippen LogP contribution in [0.2, 0.25) is 0 Å². The minimum atomic E-state index is 0.751. The molecule has 1 aliphatic carbocycles. The van der Waals surface area contributed by atoms with Crippen LogP contribution in [0.5, 0.6) is 0 Å². The molecule has 2 heterocycles. The van der Waals surface area contributed by atoms with Crippen molar-refractivity contribution in [2.45, 2.75) is 27.7 Å². The molecule has 2 aliphatic rings. The molecule has 0 bridgehead atoms. The van der Waals surface area contributed by atoms with Gasteiger partial charge in [0.05, 0.1) is 5.36 Å². The molecule has 0 saturated heterocycles. The van der Waals surface area contributed by atoms with Gasteiger partial charge in [0.25, 0.3) is 0 Å². The molecule has 0 atom stereocenters. The van der Waals surface area contributed by atoms with Gasteiger partial charge in [-0.3, -0.25) is 9.98 Å². The monoisotopic (exact) mass is 371 g/mol. The quantitative estimate of drug-likeness (QED) is 0.477. The van der Waals surface area contributed by atoms with Crippen LogP contribution in [0.15, 0.2) is 58.2 Å². The van der Waals surface area contributed by atoms with Crippen LogP contribution in [0.1, 0.15) is 25.0 Å². The molecule has 0 saturated carbocycles. The third-order valence-corrected chi connectivity index (χ3v) is 5.05. The van der Waals surface area contributed by atoms with Gasteiger partial charge in [-0.05, 0) is 68.7 Å². The second-order valence-electron chi connectivity index (χ2n) is 7.02. The zero-order chi connectivity index (χ0) is 19.7. The van der Waals surface area contributed by atoms with E-state index >= 15 is 0 Å². The number of anilines is 1. The molecule has 1 aliphatic heterocycles. The van der Waals surface area contributed by atoms with Gasteiger partial charge in [0, 0.05) is 59.8 Å². The van der Waals surface area contributed by atoms with E-state index in [9.17, 15) is 0 Å². The highest BCUT2D eigenvalue weighted by Crippen LogP contribution is 2.41. The number of nitrogens with one attached hydrogen (secondary N) is 1. The molecule has 0 spiro atoms. The van der Waals surface area contributed by atoms with Crippen LogP contribution in [-0.4, -0.2) is 18.1 Å². The molecule has 0 amide bonds. The Morgan fingerprint density at radius 3 is 2.50 bits per heavy atom. The number of fused-ring (bicyclic) bond motifs is 2. The molecule has 1 N–H and O–H groups in total. The van der Waals surface area contributed by atoms with E-state index in [4.69, 9.17) is 4.42 Å². The van der Waals surface area contributed by atoms with E-state index in [1.165, 1.54) is 11.1 Å². The number of pyridine rings is 1. The van der Waals surface area contributed by atoms with E-state index in [0.29, 0.717) is 0 Å². The van der Waals surface area contributed by atoms with Gasteiger partial charge in [-0.1, -0.05) is 0 Å². The molecule has 4 nitrogen and oxygen atoms in total. The van der Waals surface area contributed by atoms with E-state index in [0.717, 1.165) is 57.6 Å². The molecule has 28 heavy (non-hydrogen) atoms. The van der Waals surface area contributed by atoms with E-state index < -0.39 is 0 Å². The molecule has 142 valence electrons. The number of hydrogen-bond acceptors (Lipinski definition) is 4. The first-order chi connectivity index (χ1) is 13.6. The average Bonchev–Trinajstić information content (AvgIpc) is 2.69. The minimum absolute atomic E-state index is 0.751. The molecule has 4 rings (SSSR count). The van der Waals surface area contributed by atoms with Crippen LogP contribution in [0.3, 0.4) is 0 Å². The van der Waals surface area contributed by atoms with E-state index in [-0.39, 0.29) is 0 Å². The lowest BCUT2D eigenvalue weighted by molar-refractivity contribution is 0.618. The van der Waals surface area contributed by atoms with Crippen LogP contribution in [0.25, 0.3) is 33.4 Å². The Hall–Kier alpha value is -3.14. The Bertz CT molecular complexity index is 1180. The van der Waals surface area contributed by atoms with E-state index in [1.807, 2.05) is 12.4 Å². The number of aryl methyl sites for hydroxylation is 2. The highest BCUT2D eigenvalue weighted by molar-refractivity contribution is 6.03. The summed E-state index contributed by atoms with van der Waals surface area (Å²) >= 11 is 0. The van der Waals surface area contributed by atoms with Crippen molar-refractivity contribution in [2.75, 3.05) is 18.4 Å². The first kappa shape index (κ1) is 18.2. The highest BCUT2D eigenvalue weighted by atomic mass is 16.3. The summed E-state index contributed by atoms with van der Waals surface area (Å²) in [5.74, 6) is 0.850. The van der Waals surface area contributed by atoms with Crippen molar-refractivity contribution in [3.63, 3.8) is 0 Å². The van der Waals surface area contributed by atoms with Gasteiger partial charge >= 0.3 is 0 Å². The molecule has 2 aromatic rings. The summed E-state index contributed by atoms with van der Waals surface area (Å²) in [6.45, 7) is 10.0. The lowest BCUT2D eigenvalue weighted by atomic mass is 9.92. The maximum absolute atomic E-state index is 6.38. The summed E-state index contributed by atoms with van der Waals surface area (Å²) in [6, 6.07) is 12.7. The van der Waals surface area contributed by atoms with Crippen molar-refractivity contribution in [1.82, 2.24) is 4.98 Å². The van der Waals surface area contributed by atoms with Gasteiger partial charge in [0.1, 0.15) is 11.3 Å². The smallest absolute Gasteiger partial charge is 0.137 e. The molecular formula is C24H25N3O. The maximum atomic E-state index is 6.38. The second kappa shape index (κ2) is 7.47. The third kappa shape index (κ3) is 3.15. The molecular weight excluding hydrogens is 346 g/mol. The highest BCUT2D eigenvalue weighted by Gasteiger charge is 2.19. The standard InChI is InChI=1S/C24H25N3O/c1-5-26-20-13-22-18(11-15(20)3)24(17-7-9-25-10-8-17)19-12-16(4)21(27-6-2)14-23(19)28-22/h7-14,26H,5-6H2,1-4H3. The lowest BCUT2D eigenvalue weighted by Crippen LogP contribution is -2.09. The van der Waals surface area contributed by atoms with Crippen LogP contribution >= 0.6 is 0 Å². The van der Waals surface area contributed by atoms with Crippen molar-refractivity contribution in [3.05, 3.63) is 65.3 Å². The molecule has 0 fully saturated rings. The van der Waals surface area contributed by atoms with Crippen LogP contribution in [-0.2, 0) is 0 Å². The molecule has 1 aromatic heterocycles. The molecule has 4 heteroatoms. The largest absolute Gasteiger partial charge is 0.456 e. The Morgan fingerprint density at radius 2 is 1.79 bits per heavy atom. The van der Waals surface area contributed by atoms with Gasteiger partial charge in [0.2, 0.25) is 0 Å². The summed E-state index contributed by atoms with van der Waals surface area (Å²) in [5.41, 5.74) is 7.74. The SMILES string of the molecule is CCN=c1cc2oc3cc(NCC)c(C)cc3c(-c3ccncc3)c-2cc1C. The minimum Gasteiger partial charge on any atom is -0.456 e. The zero-order valence-corrected chi connectivity index (χ0v) is 16.8. The molecule has 0 unspecified atom stereocenters. The van der Waals surface area contributed by atoms with Crippen molar-refractivity contribution in [3.8, 4) is 22.5 Å². The fourth-order valence-corrected chi connectivity index (χ4v) is 3.74. The Labute approximate surface area is 165 Å². The summed E-state index contributed by atoms with van der Waals surface area (Å²) < 4.78 is 6.38. The summed E-state index contributed by atoms with van der Waals surface area (Å²) in [7, 11) is 0. The van der Waals surface area contributed by atoms with Crippen LogP contribution in [0.4, 0.5) is 5.69 Å². The first-order valence-corrected chi connectivity index (χ1v) is 9.79. The Morgan fingerprint density at radius 1 is 1.00 bits per heavy atom. The van der Waals surface area contributed by atoms with Gasteiger partial charge in [0.15, 0.2) is 0 Å². The van der Waals surface area contributed by atoms with Gasteiger partial charge in [-0.15, -0.1) is 0 Å². The Balaban J connectivity index is 2.15. The predicted molar refractivity (Wildman–Crippen MR) is 116 cm³/mol. The maximum Gasteiger partial charge on any atom is 0.137 e. The number of benzene rings is 2. The summed E-state index contributed by atoms with van der Waals surface area (Å²) in [4.78, 5) is 8.81. The fourth-order valence-electron chi connectivity index (χ4n) is 3.74. The van der Waals surface area contributed by atoms with Crippen molar-refractivity contribution in [2.24, 2.45) is 4.99 Å². The third-order valence-electron chi connectivity index (χ3n) is 5.05. The molecule has 0 radical (unpaired) electrons. The van der Waals surface area contributed by atoms with E-state index in [2.05, 4.69) is 79.4 Å². The van der Waals surface area contributed by atoms with Gasteiger partial charge in [-0.2, -0.15) is 0 Å². The van der Waals surface area contributed by atoms with Crippen molar-refractivity contribution < 1.29 is 4.42 Å². The normalized spacial score (nSPS) is 12.1. The van der Waals surface area contributed by atoms with Crippen LogP contribution in [0, 0.1) is 13.8 Å². The molecule has 1 aromatic carbocycles. The summed E-state index contributed by atoms with van der Waals surface area (Å²) in [6.07, 6.45) is 3.68. The predicted octanol–water partition coefficient (Wildman–Crippen LogP) is 5.57. The number of rotatable bonds is 4. The number of aromatic nitrogens is 1. The topological polar surface area (TPSA) is 50.4 Å².